The predicted octanol–water partition coefficient (Wildman–Crippen LogP) is 2.68. The summed E-state index contributed by atoms with van der Waals surface area (Å²) >= 11 is 3.40. The standard InChI is InChI=1S/C13H20BrN3O/c14-7-2-1-5-13(18)17-9-3-4-11(10-17)12-6-8-15-16-12/h6,8,11H,1-5,7,9-10H2,(H,15,16). The first-order valence-corrected chi connectivity index (χ1v) is 7.76. The molecule has 100 valence electrons. The van der Waals surface area contributed by atoms with Crippen LogP contribution in [0.25, 0.3) is 0 Å². The third-order valence-electron chi connectivity index (χ3n) is 3.51. The van der Waals surface area contributed by atoms with Crippen molar-refractivity contribution in [3.63, 3.8) is 0 Å². The van der Waals surface area contributed by atoms with Crippen LogP contribution in [0.1, 0.15) is 43.7 Å². The molecule has 1 atom stereocenters. The molecule has 1 amide bonds. The Balaban J connectivity index is 1.84. The molecule has 1 saturated heterocycles. The Morgan fingerprint density at radius 1 is 1.56 bits per heavy atom. The van der Waals surface area contributed by atoms with Crippen molar-refractivity contribution in [1.29, 1.82) is 0 Å². The van der Waals surface area contributed by atoms with Crippen LogP contribution in [-0.2, 0) is 4.79 Å². The summed E-state index contributed by atoms with van der Waals surface area (Å²) in [4.78, 5) is 14.1. The van der Waals surface area contributed by atoms with E-state index in [-0.39, 0.29) is 0 Å². The lowest BCUT2D eigenvalue weighted by Crippen LogP contribution is -2.39. The first-order valence-electron chi connectivity index (χ1n) is 6.64. The zero-order valence-corrected chi connectivity index (χ0v) is 12.2. The topological polar surface area (TPSA) is 49.0 Å². The van der Waals surface area contributed by atoms with Crippen molar-refractivity contribution < 1.29 is 4.79 Å². The Bertz CT molecular complexity index is 366. The number of hydrogen-bond donors (Lipinski definition) is 1. The molecule has 0 saturated carbocycles. The van der Waals surface area contributed by atoms with Gasteiger partial charge in [0.1, 0.15) is 0 Å². The summed E-state index contributed by atoms with van der Waals surface area (Å²) in [5, 5.41) is 8.00. The number of carbonyl (C=O) groups is 1. The van der Waals surface area contributed by atoms with E-state index in [0.717, 1.165) is 49.8 Å². The summed E-state index contributed by atoms with van der Waals surface area (Å²) in [5.41, 5.74) is 1.16. The van der Waals surface area contributed by atoms with Gasteiger partial charge in [-0.1, -0.05) is 15.9 Å². The Morgan fingerprint density at radius 2 is 2.44 bits per heavy atom. The van der Waals surface area contributed by atoms with Gasteiger partial charge in [0.05, 0.1) is 0 Å². The summed E-state index contributed by atoms with van der Waals surface area (Å²) in [6.45, 7) is 1.76. The highest BCUT2D eigenvalue weighted by Crippen LogP contribution is 2.25. The third kappa shape index (κ3) is 3.57. The number of nitrogens with one attached hydrogen (secondary N) is 1. The normalized spacial score (nSPS) is 20.1. The molecule has 1 aromatic heterocycles. The molecule has 0 radical (unpaired) electrons. The van der Waals surface area contributed by atoms with Crippen molar-refractivity contribution in [3.8, 4) is 0 Å². The number of hydrogen-bond acceptors (Lipinski definition) is 2. The number of aromatic amines is 1. The smallest absolute Gasteiger partial charge is 0.222 e. The van der Waals surface area contributed by atoms with Gasteiger partial charge in [0, 0.05) is 42.6 Å². The maximum Gasteiger partial charge on any atom is 0.222 e. The van der Waals surface area contributed by atoms with Gasteiger partial charge >= 0.3 is 0 Å². The lowest BCUT2D eigenvalue weighted by atomic mass is 9.94. The molecule has 5 heteroatoms. The Hall–Kier alpha value is -0.840. The number of alkyl halides is 1. The van der Waals surface area contributed by atoms with Crippen LogP contribution >= 0.6 is 15.9 Å². The number of nitrogens with zero attached hydrogens (tertiary/aromatic N) is 2. The van der Waals surface area contributed by atoms with Crippen LogP contribution in [0.5, 0.6) is 0 Å². The van der Waals surface area contributed by atoms with Gasteiger partial charge in [-0.05, 0) is 31.7 Å². The fourth-order valence-corrected chi connectivity index (χ4v) is 2.88. The number of H-pyrrole nitrogens is 1. The zero-order valence-electron chi connectivity index (χ0n) is 10.6. The molecule has 1 aromatic rings. The maximum absolute atomic E-state index is 12.1. The second-order valence-corrected chi connectivity index (χ2v) is 5.63. The molecule has 0 spiro atoms. The SMILES string of the molecule is O=C(CCCCBr)N1CCCC(c2ccn[nH]2)C1. The molecule has 0 bridgehead atoms. The van der Waals surface area contributed by atoms with Gasteiger partial charge in [0.2, 0.25) is 5.91 Å². The molecule has 4 nitrogen and oxygen atoms in total. The molecule has 1 unspecified atom stereocenters. The van der Waals surface area contributed by atoms with Gasteiger partial charge < -0.3 is 4.90 Å². The maximum atomic E-state index is 12.1. The fraction of sp³-hybridized carbons (Fsp3) is 0.692. The van der Waals surface area contributed by atoms with E-state index in [0.29, 0.717) is 18.2 Å². The minimum absolute atomic E-state index is 0.306. The number of carbonyl (C=O) groups excluding carboxylic acids is 1. The van der Waals surface area contributed by atoms with E-state index in [1.807, 2.05) is 11.0 Å². The number of unbranched alkanes of at least 4 members (excludes halogenated alkanes) is 1. The van der Waals surface area contributed by atoms with E-state index in [1.54, 1.807) is 6.20 Å². The van der Waals surface area contributed by atoms with Gasteiger partial charge in [0.15, 0.2) is 0 Å². The Kier molecular flexibility index (Phi) is 5.23. The van der Waals surface area contributed by atoms with Crippen molar-refractivity contribution in [2.45, 2.75) is 38.0 Å². The van der Waals surface area contributed by atoms with Crippen molar-refractivity contribution >= 4 is 21.8 Å². The van der Waals surface area contributed by atoms with Gasteiger partial charge in [-0.25, -0.2) is 0 Å². The highest BCUT2D eigenvalue weighted by molar-refractivity contribution is 9.09. The molecule has 2 rings (SSSR count). The van der Waals surface area contributed by atoms with Crippen LogP contribution in [0.4, 0.5) is 0 Å². The van der Waals surface area contributed by atoms with Gasteiger partial charge in [-0.15, -0.1) is 0 Å². The summed E-state index contributed by atoms with van der Waals surface area (Å²) in [7, 11) is 0. The van der Waals surface area contributed by atoms with Crippen molar-refractivity contribution in [2.75, 3.05) is 18.4 Å². The molecule has 1 fully saturated rings. The summed E-state index contributed by atoms with van der Waals surface area (Å²) < 4.78 is 0. The second kappa shape index (κ2) is 6.92. The number of amides is 1. The van der Waals surface area contributed by atoms with Crippen LogP contribution in [-0.4, -0.2) is 39.4 Å². The number of piperidine rings is 1. The average molecular weight is 314 g/mol. The van der Waals surface area contributed by atoms with Crippen LogP contribution in [0.15, 0.2) is 12.3 Å². The molecular weight excluding hydrogens is 294 g/mol. The zero-order chi connectivity index (χ0) is 12.8. The summed E-state index contributed by atoms with van der Waals surface area (Å²) in [6.07, 6.45) is 6.76. The van der Waals surface area contributed by atoms with Crippen LogP contribution in [0.3, 0.4) is 0 Å². The van der Waals surface area contributed by atoms with E-state index in [9.17, 15) is 4.79 Å². The summed E-state index contributed by atoms with van der Waals surface area (Å²) in [6, 6.07) is 2.02. The second-order valence-electron chi connectivity index (χ2n) is 4.84. The molecule has 0 aliphatic carbocycles. The molecule has 1 aliphatic rings. The lowest BCUT2D eigenvalue weighted by Gasteiger charge is -2.32. The summed E-state index contributed by atoms with van der Waals surface area (Å²) in [5.74, 6) is 0.738. The van der Waals surface area contributed by atoms with Gasteiger partial charge in [-0.3, -0.25) is 9.89 Å². The average Bonchev–Trinajstić information content (AvgIpc) is 2.93. The molecule has 1 aliphatic heterocycles. The van der Waals surface area contributed by atoms with E-state index >= 15 is 0 Å². The van der Waals surface area contributed by atoms with E-state index < -0.39 is 0 Å². The van der Waals surface area contributed by atoms with Crippen LogP contribution in [0.2, 0.25) is 0 Å². The van der Waals surface area contributed by atoms with Crippen molar-refractivity contribution in [2.24, 2.45) is 0 Å². The van der Waals surface area contributed by atoms with E-state index in [2.05, 4.69) is 26.1 Å². The van der Waals surface area contributed by atoms with Crippen LogP contribution < -0.4 is 0 Å². The fourth-order valence-electron chi connectivity index (χ4n) is 2.48. The molecule has 0 aromatic carbocycles. The highest BCUT2D eigenvalue weighted by Gasteiger charge is 2.24. The largest absolute Gasteiger partial charge is 0.342 e. The molecule has 1 N–H and O–H groups in total. The molecular formula is C13H20BrN3O. The predicted molar refractivity (Wildman–Crippen MR) is 74.8 cm³/mol. The van der Waals surface area contributed by atoms with Gasteiger partial charge in [0.25, 0.3) is 0 Å². The van der Waals surface area contributed by atoms with E-state index in [1.165, 1.54) is 0 Å². The number of aromatic nitrogens is 2. The van der Waals surface area contributed by atoms with Crippen molar-refractivity contribution in [1.82, 2.24) is 15.1 Å². The first kappa shape index (κ1) is 13.6. The first-order chi connectivity index (χ1) is 8.81. The van der Waals surface area contributed by atoms with Gasteiger partial charge in [-0.2, -0.15) is 5.10 Å². The Morgan fingerprint density at radius 3 is 3.17 bits per heavy atom. The minimum Gasteiger partial charge on any atom is -0.342 e. The van der Waals surface area contributed by atoms with Crippen LogP contribution in [0, 0.1) is 0 Å². The number of halogens is 1. The lowest BCUT2D eigenvalue weighted by molar-refractivity contribution is -0.132. The quantitative estimate of drug-likeness (QED) is 0.671. The third-order valence-corrected chi connectivity index (χ3v) is 4.07. The number of rotatable bonds is 5. The molecule has 18 heavy (non-hydrogen) atoms. The monoisotopic (exact) mass is 313 g/mol. The number of likely N-dealkylation sites (tertiary alicyclic amines) is 1. The highest BCUT2D eigenvalue weighted by atomic mass is 79.9. The Labute approximate surface area is 116 Å². The van der Waals surface area contributed by atoms with E-state index in [4.69, 9.17) is 0 Å². The van der Waals surface area contributed by atoms with Crippen molar-refractivity contribution in [3.05, 3.63) is 18.0 Å². The minimum atomic E-state index is 0.306. The molecule has 2 heterocycles.